The van der Waals surface area contributed by atoms with Crippen molar-refractivity contribution in [1.29, 1.82) is 0 Å². The van der Waals surface area contributed by atoms with Crippen LogP contribution in [-0.2, 0) is 14.3 Å². The second-order valence-electron chi connectivity index (χ2n) is 5.77. The molecule has 2 aromatic carbocycles. The summed E-state index contributed by atoms with van der Waals surface area (Å²) >= 11 is 5.90. The Bertz CT molecular complexity index is 720. The monoisotopic (exact) mass is 374 g/mol. The fourth-order valence-corrected chi connectivity index (χ4v) is 2.60. The molecule has 1 N–H and O–H groups in total. The summed E-state index contributed by atoms with van der Waals surface area (Å²) in [7, 11) is 0. The van der Waals surface area contributed by atoms with Gasteiger partial charge in [-0.05, 0) is 43.7 Å². The lowest BCUT2D eigenvalue weighted by atomic mass is 10.1. The number of para-hydroxylation sites is 1. The number of benzene rings is 2. The van der Waals surface area contributed by atoms with Crippen molar-refractivity contribution < 1.29 is 14.3 Å². The largest absolute Gasteiger partial charge is 0.465 e. The molecule has 1 unspecified atom stereocenters. The molecule has 0 aliphatic heterocycles. The average Bonchev–Trinajstić information content (AvgIpc) is 2.65. The fraction of sp³-hybridized carbons (Fsp3) is 0.300. The van der Waals surface area contributed by atoms with E-state index < -0.39 is 5.97 Å². The topological polar surface area (TPSA) is 58.6 Å². The van der Waals surface area contributed by atoms with Gasteiger partial charge >= 0.3 is 5.97 Å². The molecule has 0 saturated carbocycles. The number of nitrogens with one attached hydrogen (secondary N) is 1. The third kappa shape index (κ3) is 5.86. The van der Waals surface area contributed by atoms with Gasteiger partial charge in [0.1, 0.15) is 6.54 Å². The second-order valence-corrected chi connectivity index (χ2v) is 6.21. The van der Waals surface area contributed by atoms with Crippen molar-refractivity contribution in [2.75, 3.05) is 24.6 Å². The molecule has 0 aliphatic rings. The van der Waals surface area contributed by atoms with E-state index in [2.05, 4.69) is 5.32 Å². The normalized spacial score (nSPS) is 11.7. The van der Waals surface area contributed by atoms with Crippen molar-refractivity contribution in [3.05, 3.63) is 65.2 Å². The van der Waals surface area contributed by atoms with Crippen molar-refractivity contribution in [2.45, 2.75) is 19.9 Å². The first-order valence-corrected chi connectivity index (χ1v) is 8.89. The van der Waals surface area contributed by atoms with Crippen LogP contribution in [0, 0.1) is 0 Å². The summed E-state index contributed by atoms with van der Waals surface area (Å²) < 4.78 is 4.98. The van der Waals surface area contributed by atoms with Crippen LogP contribution in [0.25, 0.3) is 0 Å². The van der Waals surface area contributed by atoms with Gasteiger partial charge in [0.2, 0.25) is 5.91 Å². The van der Waals surface area contributed by atoms with Gasteiger partial charge < -0.3 is 15.0 Å². The number of amides is 1. The number of anilines is 1. The van der Waals surface area contributed by atoms with E-state index >= 15 is 0 Å². The Labute approximate surface area is 158 Å². The number of halogens is 1. The van der Waals surface area contributed by atoms with E-state index in [9.17, 15) is 9.59 Å². The highest BCUT2D eigenvalue weighted by Gasteiger charge is 2.20. The molecule has 138 valence electrons. The van der Waals surface area contributed by atoms with E-state index in [4.69, 9.17) is 16.3 Å². The van der Waals surface area contributed by atoms with E-state index in [1.165, 1.54) is 4.90 Å². The number of hydrogen-bond acceptors (Lipinski definition) is 4. The SMILES string of the molecule is CCOC(=O)CN(C(=O)CNC(C)c1ccc(Cl)cc1)c1ccccc1. The molecule has 2 aromatic rings. The molecule has 0 aromatic heterocycles. The molecule has 0 fully saturated rings. The zero-order valence-electron chi connectivity index (χ0n) is 14.9. The lowest BCUT2D eigenvalue weighted by molar-refractivity contribution is -0.142. The average molecular weight is 375 g/mol. The van der Waals surface area contributed by atoms with E-state index in [0.717, 1.165) is 5.56 Å². The van der Waals surface area contributed by atoms with Gasteiger partial charge in [-0.2, -0.15) is 0 Å². The molecule has 0 saturated heterocycles. The molecular weight excluding hydrogens is 352 g/mol. The van der Waals surface area contributed by atoms with Crippen LogP contribution in [0.4, 0.5) is 5.69 Å². The van der Waals surface area contributed by atoms with Gasteiger partial charge in [-0.1, -0.05) is 41.9 Å². The first kappa shape index (κ1) is 19.9. The first-order valence-electron chi connectivity index (χ1n) is 8.51. The van der Waals surface area contributed by atoms with Crippen LogP contribution in [0.1, 0.15) is 25.5 Å². The van der Waals surface area contributed by atoms with Gasteiger partial charge in [0, 0.05) is 16.8 Å². The molecule has 0 radical (unpaired) electrons. The minimum atomic E-state index is -0.435. The molecule has 0 bridgehead atoms. The summed E-state index contributed by atoms with van der Waals surface area (Å²) in [5.41, 5.74) is 1.69. The second kappa shape index (κ2) is 9.94. The number of esters is 1. The van der Waals surface area contributed by atoms with E-state index in [1.807, 2.05) is 49.4 Å². The number of rotatable bonds is 8. The molecule has 6 heteroatoms. The standard InChI is InChI=1S/C20H23ClN2O3/c1-3-26-20(25)14-23(18-7-5-4-6-8-18)19(24)13-22-15(2)16-9-11-17(21)12-10-16/h4-12,15,22H,3,13-14H2,1-2H3. The highest BCUT2D eigenvalue weighted by molar-refractivity contribution is 6.30. The summed E-state index contributed by atoms with van der Waals surface area (Å²) in [4.78, 5) is 26.0. The molecular formula is C20H23ClN2O3. The predicted molar refractivity (Wildman–Crippen MR) is 103 cm³/mol. The molecule has 5 nitrogen and oxygen atoms in total. The minimum absolute atomic E-state index is 0.0311. The third-order valence-corrected chi connectivity index (χ3v) is 4.14. The number of ether oxygens (including phenoxy) is 1. The van der Waals surface area contributed by atoms with E-state index in [-0.39, 0.29) is 31.6 Å². The highest BCUT2D eigenvalue weighted by Crippen LogP contribution is 2.17. The van der Waals surface area contributed by atoms with Crippen molar-refractivity contribution in [3.63, 3.8) is 0 Å². The number of carbonyl (C=O) groups is 2. The first-order chi connectivity index (χ1) is 12.5. The summed E-state index contributed by atoms with van der Waals surface area (Å²) in [6.45, 7) is 3.96. The molecule has 0 spiro atoms. The number of carbonyl (C=O) groups excluding carboxylic acids is 2. The maximum atomic E-state index is 12.7. The van der Waals surface area contributed by atoms with Crippen LogP contribution in [0.5, 0.6) is 0 Å². The van der Waals surface area contributed by atoms with Crippen LogP contribution < -0.4 is 10.2 Å². The zero-order valence-corrected chi connectivity index (χ0v) is 15.7. The van der Waals surface area contributed by atoms with Gasteiger partial charge in [-0.15, -0.1) is 0 Å². The van der Waals surface area contributed by atoms with Crippen LogP contribution in [-0.4, -0.2) is 31.6 Å². The highest BCUT2D eigenvalue weighted by atomic mass is 35.5. The van der Waals surface area contributed by atoms with E-state index in [1.54, 1.807) is 19.1 Å². The van der Waals surface area contributed by atoms with Crippen LogP contribution in [0.3, 0.4) is 0 Å². The van der Waals surface area contributed by atoms with Gasteiger partial charge in [0.25, 0.3) is 0 Å². The Kier molecular flexibility index (Phi) is 7.63. The van der Waals surface area contributed by atoms with Gasteiger partial charge in [0.05, 0.1) is 13.2 Å². The van der Waals surface area contributed by atoms with Crippen molar-refractivity contribution in [2.24, 2.45) is 0 Å². The lowest BCUT2D eigenvalue weighted by Crippen LogP contribution is -2.42. The lowest BCUT2D eigenvalue weighted by Gasteiger charge is -2.23. The smallest absolute Gasteiger partial charge is 0.326 e. The van der Waals surface area contributed by atoms with Gasteiger partial charge in [-0.25, -0.2) is 0 Å². The molecule has 1 amide bonds. The van der Waals surface area contributed by atoms with Crippen LogP contribution in [0.15, 0.2) is 54.6 Å². The van der Waals surface area contributed by atoms with Crippen molar-refractivity contribution >= 4 is 29.2 Å². The van der Waals surface area contributed by atoms with Gasteiger partial charge in [0.15, 0.2) is 0 Å². The quantitative estimate of drug-likeness (QED) is 0.717. The fourth-order valence-electron chi connectivity index (χ4n) is 2.47. The van der Waals surface area contributed by atoms with E-state index in [0.29, 0.717) is 10.7 Å². The molecule has 1 atom stereocenters. The van der Waals surface area contributed by atoms with Crippen molar-refractivity contribution in [1.82, 2.24) is 5.32 Å². The minimum Gasteiger partial charge on any atom is -0.465 e. The summed E-state index contributed by atoms with van der Waals surface area (Å²) in [5, 5.41) is 3.86. The Morgan fingerprint density at radius 1 is 1.12 bits per heavy atom. The Morgan fingerprint density at radius 3 is 2.38 bits per heavy atom. The Balaban J connectivity index is 2.03. The molecule has 26 heavy (non-hydrogen) atoms. The van der Waals surface area contributed by atoms with Gasteiger partial charge in [-0.3, -0.25) is 9.59 Å². The maximum Gasteiger partial charge on any atom is 0.326 e. The Morgan fingerprint density at radius 2 is 1.77 bits per heavy atom. The molecule has 2 rings (SSSR count). The van der Waals surface area contributed by atoms with Crippen LogP contribution >= 0.6 is 11.6 Å². The molecule has 0 heterocycles. The predicted octanol–water partition coefficient (Wildman–Crippen LogP) is 3.59. The number of hydrogen-bond donors (Lipinski definition) is 1. The third-order valence-electron chi connectivity index (χ3n) is 3.89. The summed E-state index contributed by atoms with van der Waals surface area (Å²) in [6.07, 6.45) is 0. The zero-order chi connectivity index (χ0) is 18.9. The summed E-state index contributed by atoms with van der Waals surface area (Å²) in [5.74, 6) is -0.638. The molecule has 0 aliphatic carbocycles. The van der Waals surface area contributed by atoms with Crippen molar-refractivity contribution in [3.8, 4) is 0 Å². The number of nitrogens with zero attached hydrogens (tertiary/aromatic N) is 1. The maximum absolute atomic E-state index is 12.7. The Hall–Kier alpha value is -2.37. The van der Waals surface area contributed by atoms with Crippen LogP contribution in [0.2, 0.25) is 5.02 Å². The summed E-state index contributed by atoms with van der Waals surface area (Å²) in [6, 6.07) is 16.5.